The van der Waals surface area contributed by atoms with Gasteiger partial charge in [-0.3, -0.25) is 14.5 Å². The quantitative estimate of drug-likeness (QED) is 0.743. The van der Waals surface area contributed by atoms with Crippen molar-refractivity contribution in [3.05, 3.63) is 83.4 Å². The number of aromatic nitrogens is 3. The van der Waals surface area contributed by atoms with Crippen molar-refractivity contribution in [3.8, 4) is 0 Å². The van der Waals surface area contributed by atoms with Gasteiger partial charge in [0.1, 0.15) is 0 Å². The first-order valence-corrected chi connectivity index (χ1v) is 9.00. The van der Waals surface area contributed by atoms with Crippen LogP contribution in [0.25, 0.3) is 0 Å². The fourth-order valence-corrected chi connectivity index (χ4v) is 3.22. The molecule has 132 valence electrons. The summed E-state index contributed by atoms with van der Waals surface area (Å²) < 4.78 is 1.85. The average molecular weight is 346 g/mol. The second-order valence-corrected chi connectivity index (χ2v) is 6.90. The first-order valence-electron chi connectivity index (χ1n) is 9.00. The number of pyridine rings is 1. The fraction of sp³-hybridized carbons (Fsp3) is 0.286. The van der Waals surface area contributed by atoms with Crippen LogP contribution in [0.1, 0.15) is 46.2 Å². The number of benzene rings is 1. The standard InChI is InChI=1S/C21H22N4O/c1-15-5-2-8-19(23-15)20(17-9-10-17)24-21(26)18-7-3-6-16(13-18)14-25-12-4-11-22-25/h2-8,11-13,17,20H,9-10,14H2,1H3,(H,24,26). The van der Waals surface area contributed by atoms with Crippen LogP contribution in [0.3, 0.4) is 0 Å². The van der Waals surface area contributed by atoms with E-state index in [2.05, 4.69) is 15.4 Å². The van der Waals surface area contributed by atoms with Crippen molar-refractivity contribution in [2.45, 2.75) is 32.4 Å². The third kappa shape index (κ3) is 3.82. The number of nitrogens with one attached hydrogen (secondary N) is 1. The summed E-state index contributed by atoms with van der Waals surface area (Å²) in [5, 5.41) is 7.42. The molecule has 26 heavy (non-hydrogen) atoms. The highest BCUT2D eigenvalue weighted by atomic mass is 16.1. The van der Waals surface area contributed by atoms with Crippen molar-refractivity contribution in [1.29, 1.82) is 0 Å². The van der Waals surface area contributed by atoms with Crippen LogP contribution in [0.4, 0.5) is 0 Å². The Kier molecular flexibility index (Phi) is 4.52. The molecule has 1 saturated carbocycles. The molecule has 4 rings (SSSR count). The van der Waals surface area contributed by atoms with Gasteiger partial charge >= 0.3 is 0 Å². The first kappa shape index (κ1) is 16.5. The Bertz CT molecular complexity index is 900. The molecule has 0 bridgehead atoms. The lowest BCUT2D eigenvalue weighted by Gasteiger charge is -2.18. The Hall–Kier alpha value is -2.95. The smallest absolute Gasteiger partial charge is 0.251 e. The lowest BCUT2D eigenvalue weighted by molar-refractivity contribution is 0.0930. The van der Waals surface area contributed by atoms with Crippen LogP contribution < -0.4 is 5.32 Å². The number of carbonyl (C=O) groups is 1. The molecule has 1 amide bonds. The highest BCUT2D eigenvalue weighted by molar-refractivity contribution is 5.94. The summed E-state index contributed by atoms with van der Waals surface area (Å²) in [4.78, 5) is 17.5. The molecule has 1 unspecified atom stereocenters. The molecule has 5 nitrogen and oxygen atoms in total. The maximum absolute atomic E-state index is 12.8. The Morgan fingerprint density at radius 3 is 2.81 bits per heavy atom. The minimum atomic E-state index is -0.0486. The molecule has 3 aromatic rings. The van der Waals surface area contributed by atoms with Gasteiger partial charge in [0, 0.05) is 23.7 Å². The van der Waals surface area contributed by atoms with Crippen LogP contribution in [0.15, 0.2) is 60.9 Å². The van der Waals surface area contributed by atoms with Crippen molar-refractivity contribution in [2.75, 3.05) is 0 Å². The first-order chi connectivity index (χ1) is 12.7. The molecule has 1 fully saturated rings. The van der Waals surface area contributed by atoms with Gasteiger partial charge in [-0.2, -0.15) is 5.10 Å². The van der Waals surface area contributed by atoms with Crippen LogP contribution in [0.5, 0.6) is 0 Å². The maximum atomic E-state index is 12.8. The van der Waals surface area contributed by atoms with E-state index in [-0.39, 0.29) is 11.9 Å². The summed E-state index contributed by atoms with van der Waals surface area (Å²) in [5.41, 5.74) is 3.66. The third-order valence-electron chi connectivity index (χ3n) is 4.70. The molecule has 1 N–H and O–H groups in total. The lowest BCUT2D eigenvalue weighted by Crippen LogP contribution is -2.30. The Labute approximate surface area is 153 Å². The number of amides is 1. The van der Waals surface area contributed by atoms with Gasteiger partial charge in [0.15, 0.2) is 0 Å². The monoisotopic (exact) mass is 346 g/mol. The van der Waals surface area contributed by atoms with E-state index in [9.17, 15) is 4.79 Å². The van der Waals surface area contributed by atoms with Crippen LogP contribution in [-0.4, -0.2) is 20.7 Å². The van der Waals surface area contributed by atoms with Gasteiger partial charge in [-0.1, -0.05) is 18.2 Å². The zero-order chi connectivity index (χ0) is 17.9. The molecular weight excluding hydrogens is 324 g/mol. The van der Waals surface area contributed by atoms with E-state index < -0.39 is 0 Å². The zero-order valence-electron chi connectivity index (χ0n) is 14.8. The van der Waals surface area contributed by atoms with E-state index in [1.807, 2.05) is 66.3 Å². The summed E-state index contributed by atoms with van der Waals surface area (Å²) in [6.45, 7) is 2.63. The normalized spacial score (nSPS) is 14.8. The lowest BCUT2D eigenvalue weighted by atomic mass is 10.1. The molecule has 2 heterocycles. The molecule has 0 saturated heterocycles. The van der Waals surface area contributed by atoms with E-state index in [1.165, 1.54) is 0 Å². The highest BCUT2D eigenvalue weighted by Crippen LogP contribution is 2.40. The Morgan fingerprint density at radius 1 is 1.23 bits per heavy atom. The Balaban J connectivity index is 1.51. The molecule has 0 radical (unpaired) electrons. The van der Waals surface area contributed by atoms with Crippen molar-refractivity contribution >= 4 is 5.91 Å². The molecule has 0 spiro atoms. The SMILES string of the molecule is Cc1cccc(C(NC(=O)c2cccc(Cn3cccn3)c2)C2CC2)n1. The second kappa shape index (κ2) is 7.12. The number of hydrogen-bond acceptors (Lipinski definition) is 3. The van der Waals surface area contributed by atoms with Gasteiger partial charge in [-0.25, -0.2) is 0 Å². The molecule has 2 aromatic heterocycles. The van der Waals surface area contributed by atoms with E-state index >= 15 is 0 Å². The zero-order valence-corrected chi connectivity index (χ0v) is 14.8. The predicted octanol–water partition coefficient (Wildman–Crippen LogP) is 3.52. The molecule has 1 aromatic carbocycles. The van der Waals surface area contributed by atoms with E-state index in [1.54, 1.807) is 6.20 Å². The maximum Gasteiger partial charge on any atom is 0.251 e. The van der Waals surface area contributed by atoms with Gasteiger partial charge in [0.25, 0.3) is 5.91 Å². The molecule has 1 atom stereocenters. The van der Waals surface area contributed by atoms with Gasteiger partial charge < -0.3 is 5.32 Å². The topological polar surface area (TPSA) is 59.8 Å². The minimum absolute atomic E-state index is 0.0165. The van der Waals surface area contributed by atoms with Gasteiger partial charge in [0.05, 0.1) is 18.3 Å². The molecule has 0 aliphatic heterocycles. The molecular formula is C21H22N4O. The van der Waals surface area contributed by atoms with E-state index in [0.29, 0.717) is 18.0 Å². The summed E-state index contributed by atoms with van der Waals surface area (Å²) in [5.74, 6) is 0.438. The second-order valence-electron chi connectivity index (χ2n) is 6.90. The number of aryl methyl sites for hydroxylation is 1. The number of rotatable bonds is 6. The van der Waals surface area contributed by atoms with Crippen LogP contribution in [-0.2, 0) is 6.54 Å². The predicted molar refractivity (Wildman–Crippen MR) is 99.7 cm³/mol. The molecule has 5 heteroatoms. The van der Waals surface area contributed by atoms with Crippen molar-refractivity contribution in [1.82, 2.24) is 20.1 Å². The van der Waals surface area contributed by atoms with Crippen molar-refractivity contribution in [3.63, 3.8) is 0 Å². The summed E-state index contributed by atoms with van der Waals surface area (Å²) >= 11 is 0. The van der Waals surface area contributed by atoms with Crippen LogP contribution in [0, 0.1) is 12.8 Å². The van der Waals surface area contributed by atoms with Crippen molar-refractivity contribution in [2.24, 2.45) is 5.92 Å². The fourth-order valence-electron chi connectivity index (χ4n) is 3.22. The van der Waals surface area contributed by atoms with E-state index in [4.69, 9.17) is 0 Å². The number of nitrogens with zero attached hydrogens (tertiary/aromatic N) is 3. The van der Waals surface area contributed by atoms with Gasteiger partial charge in [-0.15, -0.1) is 0 Å². The Morgan fingerprint density at radius 2 is 2.08 bits per heavy atom. The average Bonchev–Trinajstić information content (AvgIpc) is 3.36. The summed E-state index contributed by atoms with van der Waals surface area (Å²) in [6.07, 6.45) is 5.95. The number of hydrogen-bond donors (Lipinski definition) is 1. The largest absolute Gasteiger partial charge is 0.343 e. The molecule has 1 aliphatic carbocycles. The molecule has 1 aliphatic rings. The van der Waals surface area contributed by atoms with Gasteiger partial charge in [-0.05, 0) is 61.6 Å². The minimum Gasteiger partial charge on any atom is -0.343 e. The van der Waals surface area contributed by atoms with E-state index in [0.717, 1.165) is 29.8 Å². The van der Waals surface area contributed by atoms with Crippen LogP contribution in [0.2, 0.25) is 0 Å². The third-order valence-corrected chi connectivity index (χ3v) is 4.70. The van der Waals surface area contributed by atoms with Crippen LogP contribution >= 0.6 is 0 Å². The van der Waals surface area contributed by atoms with Gasteiger partial charge in [0.2, 0.25) is 0 Å². The highest BCUT2D eigenvalue weighted by Gasteiger charge is 2.34. The summed E-state index contributed by atoms with van der Waals surface area (Å²) in [7, 11) is 0. The number of carbonyl (C=O) groups excluding carboxylic acids is 1. The summed E-state index contributed by atoms with van der Waals surface area (Å²) in [6, 6.07) is 15.6. The van der Waals surface area contributed by atoms with Crippen molar-refractivity contribution < 1.29 is 4.79 Å².